The van der Waals surface area contributed by atoms with E-state index < -0.39 is 0 Å². The lowest BCUT2D eigenvalue weighted by atomic mass is 10.2. The van der Waals surface area contributed by atoms with Gasteiger partial charge in [-0.2, -0.15) is 0 Å². The largest absolute Gasteiger partial charge is 0.306 e. The Bertz CT molecular complexity index is 543. The van der Waals surface area contributed by atoms with Crippen molar-refractivity contribution in [3.8, 4) is 0 Å². The van der Waals surface area contributed by atoms with Gasteiger partial charge in [-0.1, -0.05) is 0 Å². The van der Waals surface area contributed by atoms with Gasteiger partial charge in [0.25, 0.3) is 5.91 Å². The molecular weight excluding hydrogens is 350 g/mol. The summed E-state index contributed by atoms with van der Waals surface area (Å²) in [7, 11) is 0. The van der Waals surface area contributed by atoms with E-state index in [1.165, 1.54) is 0 Å². The molecule has 0 aliphatic carbocycles. The lowest BCUT2D eigenvalue weighted by molar-refractivity contribution is 0.102. The molecule has 2 heterocycles. The van der Waals surface area contributed by atoms with Gasteiger partial charge in [0.1, 0.15) is 10.4 Å². The topological polar surface area (TPSA) is 54.9 Å². The Balaban J connectivity index is 2.17. The molecule has 0 radical (unpaired) electrons. The van der Waals surface area contributed by atoms with Gasteiger partial charge in [-0.05, 0) is 56.1 Å². The summed E-state index contributed by atoms with van der Waals surface area (Å²) in [6, 6.07) is 6.91. The van der Waals surface area contributed by atoms with E-state index in [0.717, 1.165) is 4.47 Å². The van der Waals surface area contributed by atoms with E-state index in [-0.39, 0.29) is 5.91 Å². The molecule has 1 amide bonds. The highest BCUT2D eigenvalue weighted by atomic mass is 79.9. The van der Waals surface area contributed by atoms with E-state index in [9.17, 15) is 4.79 Å². The second kappa shape index (κ2) is 5.37. The highest BCUT2D eigenvalue weighted by molar-refractivity contribution is 9.10. The van der Waals surface area contributed by atoms with Crippen molar-refractivity contribution in [1.29, 1.82) is 0 Å². The number of pyridine rings is 2. The second-order valence-electron chi connectivity index (χ2n) is 3.16. The fraction of sp³-hybridized carbons (Fsp3) is 0. The van der Waals surface area contributed by atoms with E-state index in [0.29, 0.717) is 16.0 Å². The minimum atomic E-state index is -0.250. The van der Waals surface area contributed by atoms with Crippen LogP contribution in [-0.2, 0) is 0 Å². The molecule has 0 saturated heterocycles. The summed E-state index contributed by atoms with van der Waals surface area (Å²) in [5, 5.41) is 2.69. The molecule has 0 saturated carbocycles. The number of nitrogens with one attached hydrogen (secondary N) is 1. The van der Waals surface area contributed by atoms with E-state index in [1.807, 2.05) is 0 Å². The molecule has 86 valence electrons. The first kappa shape index (κ1) is 12.2. The minimum absolute atomic E-state index is 0.250. The van der Waals surface area contributed by atoms with Crippen molar-refractivity contribution in [2.45, 2.75) is 0 Å². The highest BCUT2D eigenvalue weighted by Gasteiger charge is 2.10. The van der Waals surface area contributed by atoms with E-state index >= 15 is 0 Å². The van der Waals surface area contributed by atoms with Crippen LogP contribution in [-0.4, -0.2) is 15.9 Å². The van der Waals surface area contributed by atoms with Crippen LogP contribution in [0.4, 0.5) is 5.82 Å². The fourth-order valence-electron chi connectivity index (χ4n) is 1.19. The molecule has 0 spiro atoms. The molecule has 2 aromatic rings. The summed E-state index contributed by atoms with van der Waals surface area (Å²) < 4.78 is 1.37. The number of halogens is 2. The van der Waals surface area contributed by atoms with Gasteiger partial charge in [-0.3, -0.25) is 4.79 Å². The van der Waals surface area contributed by atoms with E-state index in [4.69, 9.17) is 0 Å². The van der Waals surface area contributed by atoms with Crippen LogP contribution in [0.15, 0.2) is 45.7 Å². The minimum Gasteiger partial charge on any atom is -0.306 e. The molecule has 0 unspecified atom stereocenters. The molecule has 0 atom stereocenters. The zero-order valence-electron chi connectivity index (χ0n) is 8.52. The number of rotatable bonds is 2. The Kier molecular flexibility index (Phi) is 3.86. The van der Waals surface area contributed by atoms with Gasteiger partial charge >= 0.3 is 0 Å². The summed E-state index contributed by atoms with van der Waals surface area (Å²) in [6.07, 6.45) is 3.23. The summed E-state index contributed by atoms with van der Waals surface area (Å²) in [4.78, 5) is 19.9. The first-order valence-electron chi connectivity index (χ1n) is 4.70. The number of anilines is 1. The van der Waals surface area contributed by atoms with Gasteiger partial charge < -0.3 is 5.32 Å². The van der Waals surface area contributed by atoms with Crippen molar-refractivity contribution in [2.24, 2.45) is 0 Å². The maximum Gasteiger partial charge on any atom is 0.259 e. The van der Waals surface area contributed by atoms with Crippen molar-refractivity contribution < 1.29 is 4.79 Å². The molecule has 0 aliphatic heterocycles. The number of aromatic nitrogens is 2. The molecule has 0 aliphatic rings. The third kappa shape index (κ3) is 3.10. The zero-order valence-corrected chi connectivity index (χ0v) is 11.7. The Morgan fingerprint density at radius 3 is 2.65 bits per heavy atom. The van der Waals surface area contributed by atoms with Crippen LogP contribution in [0, 0.1) is 0 Å². The van der Waals surface area contributed by atoms with Gasteiger partial charge in [-0.25, -0.2) is 9.97 Å². The molecule has 17 heavy (non-hydrogen) atoms. The van der Waals surface area contributed by atoms with Gasteiger partial charge in [-0.15, -0.1) is 0 Å². The van der Waals surface area contributed by atoms with Crippen molar-refractivity contribution in [1.82, 2.24) is 9.97 Å². The molecule has 6 heteroatoms. The summed E-state index contributed by atoms with van der Waals surface area (Å²) >= 11 is 6.50. The molecule has 1 N–H and O–H groups in total. The van der Waals surface area contributed by atoms with Crippen molar-refractivity contribution in [3.05, 3.63) is 51.3 Å². The Morgan fingerprint density at radius 2 is 2.00 bits per heavy atom. The third-order valence-electron chi connectivity index (χ3n) is 1.97. The molecule has 2 aromatic heterocycles. The molecule has 0 fully saturated rings. The predicted molar refractivity (Wildman–Crippen MR) is 71.8 cm³/mol. The first-order chi connectivity index (χ1) is 8.16. The van der Waals surface area contributed by atoms with Crippen LogP contribution in [0.25, 0.3) is 0 Å². The maximum atomic E-state index is 11.9. The molecule has 4 nitrogen and oxygen atoms in total. The number of nitrogens with zero attached hydrogens (tertiary/aromatic N) is 2. The third-order valence-corrected chi connectivity index (χ3v) is 3.07. The van der Waals surface area contributed by atoms with Crippen LogP contribution in [0.3, 0.4) is 0 Å². The van der Waals surface area contributed by atoms with Crippen LogP contribution < -0.4 is 5.32 Å². The van der Waals surface area contributed by atoms with Gasteiger partial charge in [0.2, 0.25) is 0 Å². The van der Waals surface area contributed by atoms with Gasteiger partial charge in [0.05, 0.1) is 5.56 Å². The van der Waals surface area contributed by atoms with Gasteiger partial charge in [0, 0.05) is 16.9 Å². The van der Waals surface area contributed by atoms with Crippen molar-refractivity contribution >= 4 is 43.6 Å². The monoisotopic (exact) mass is 355 g/mol. The lowest BCUT2D eigenvalue weighted by Crippen LogP contribution is -2.13. The van der Waals surface area contributed by atoms with Crippen LogP contribution in [0.5, 0.6) is 0 Å². The van der Waals surface area contributed by atoms with Gasteiger partial charge in [0.15, 0.2) is 0 Å². The number of amides is 1. The Labute approximate surface area is 115 Å². The van der Waals surface area contributed by atoms with Crippen molar-refractivity contribution in [2.75, 3.05) is 5.32 Å². The first-order valence-corrected chi connectivity index (χ1v) is 6.29. The van der Waals surface area contributed by atoms with E-state index in [1.54, 1.807) is 36.7 Å². The summed E-state index contributed by atoms with van der Waals surface area (Å²) in [6.45, 7) is 0. The number of carbonyl (C=O) groups excluding carboxylic acids is 1. The molecule has 2 rings (SSSR count). The molecule has 0 aromatic carbocycles. The average Bonchev–Trinajstić information content (AvgIpc) is 2.32. The van der Waals surface area contributed by atoms with Crippen molar-refractivity contribution in [3.63, 3.8) is 0 Å². The number of hydrogen-bond acceptors (Lipinski definition) is 3. The quantitative estimate of drug-likeness (QED) is 0.840. The predicted octanol–water partition coefficient (Wildman–Crippen LogP) is 3.25. The molecule has 0 bridgehead atoms. The Hall–Kier alpha value is -1.27. The lowest BCUT2D eigenvalue weighted by Gasteiger charge is -2.05. The summed E-state index contributed by atoms with van der Waals surface area (Å²) in [5.41, 5.74) is 0.470. The summed E-state index contributed by atoms with van der Waals surface area (Å²) in [5.74, 6) is 0.244. The SMILES string of the molecule is O=C(Nc1ccc(Br)cn1)c1cccnc1Br. The normalized spacial score (nSPS) is 10.0. The highest BCUT2D eigenvalue weighted by Crippen LogP contribution is 2.15. The fourth-order valence-corrected chi connectivity index (χ4v) is 1.85. The second-order valence-corrected chi connectivity index (χ2v) is 4.82. The Morgan fingerprint density at radius 1 is 1.18 bits per heavy atom. The number of hydrogen-bond donors (Lipinski definition) is 1. The average molecular weight is 357 g/mol. The maximum absolute atomic E-state index is 11.9. The van der Waals surface area contributed by atoms with Crippen LogP contribution in [0.2, 0.25) is 0 Å². The smallest absolute Gasteiger partial charge is 0.259 e. The molecular formula is C11H7Br2N3O. The van der Waals surface area contributed by atoms with Crippen LogP contribution in [0.1, 0.15) is 10.4 Å². The van der Waals surface area contributed by atoms with E-state index in [2.05, 4.69) is 47.1 Å². The van der Waals surface area contributed by atoms with Crippen LogP contribution >= 0.6 is 31.9 Å². The standard InChI is InChI=1S/C11H7Br2N3O/c12-7-3-4-9(15-6-7)16-11(17)8-2-1-5-14-10(8)13/h1-6H,(H,15,16,17). The number of carbonyl (C=O) groups is 1. The zero-order chi connectivity index (χ0) is 12.3.